The van der Waals surface area contributed by atoms with Crippen molar-refractivity contribution in [3.8, 4) is 0 Å². The average Bonchev–Trinajstić information content (AvgIpc) is 2.61. The molecule has 0 unspecified atom stereocenters. The van der Waals surface area contributed by atoms with Gasteiger partial charge in [-0.15, -0.1) is 0 Å². The molecule has 0 aliphatic heterocycles. The summed E-state index contributed by atoms with van der Waals surface area (Å²) in [6.07, 6.45) is 0. The van der Waals surface area contributed by atoms with Gasteiger partial charge in [-0.2, -0.15) is 5.10 Å². The van der Waals surface area contributed by atoms with Crippen LogP contribution in [0.4, 0.5) is 11.4 Å². The molecule has 0 amide bonds. The van der Waals surface area contributed by atoms with E-state index in [0.717, 1.165) is 0 Å². The lowest BCUT2D eigenvalue weighted by Crippen LogP contribution is -2.03. The van der Waals surface area contributed by atoms with E-state index in [1.54, 1.807) is 31.2 Å². The molecule has 0 fully saturated rings. The van der Waals surface area contributed by atoms with Crippen LogP contribution in [0.25, 0.3) is 0 Å². The number of para-hydroxylation sites is 2. The third kappa shape index (κ3) is 5.20. The molecule has 0 aliphatic rings. The van der Waals surface area contributed by atoms with Crippen LogP contribution in [-0.4, -0.2) is 21.3 Å². The summed E-state index contributed by atoms with van der Waals surface area (Å²) < 4.78 is 0. The predicted octanol–water partition coefficient (Wildman–Crippen LogP) is 3.07. The SMILES string of the molecule is C/C(=N\N)c1ccccc1[N+](=O)[O-].CC(=O)c1ccccc1[N+](=O)[O-]. The van der Waals surface area contributed by atoms with Crippen molar-refractivity contribution in [3.63, 3.8) is 0 Å². The highest BCUT2D eigenvalue weighted by Crippen LogP contribution is 2.18. The number of benzene rings is 2. The molecule has 0 spiro atoms. The summed E-state index contributed by atoms with van der Waals surface area (Å²) in [6, 6.07) is 12.2. The second kappa shape index (κ2) is 8.87. The van der Waals surface area contributed by atoms with Gasteiger partial charge >= 0.3 is 0 Å². The van der Waals surface area contributed by atoms with Crippen LogP contribution in [0.3, 0.4) is 0 Å². The quantitative estimate of drug-likeness (QED) is 0.297. The molecule has 0 saturated carbocycles. The summed E-state index contributed by atoms with van der Waals surface area (Å²) in [4.78, 5) is 30.8. The van der Waals surface area contributed by atoms with Crippen LogP contribution in [0.1, 0.15) is 29.8 Å². The average molecular weight is 344 g/mol. The second-order valence-electron chi connectivity index (χ2n) is 4.82. The molecule has 0 heterocycles. The van der Waals surface area contributed by atoms with Crippen molar-refractivity contribution in [2.75, 3.05) is 0 Å². The third-order valence-corrected chi connectivity index (χ3v) is 3.16. The Labute approximate surface area is 143 Å². The molecular formula is C16H16N4O5. The first-order chi connectivity index (χ1) is 11.8. The van der Waals surface area contributed by atoms with Crippen LogP contribution >= 0.6 is 0 Å². The zero-order chi connectivity index (χ0) is 19.0. The lowest BCUT2D eigenvalue weighted by atomic mass is 10.1. The van der Waals surface area contributed by atoms with Gasteiger partial charge in [0.1, 0.15) is 0 Å². The van der Waals surface area contributed by atoms with Crippen molar-refractivity contribution in [1.29, 1.82) is 0 Å². The molecule has 0 bridgehead atoms. The first kappa shape index (κ1) is 19.4. The van der Waals surface area contributed by atoms with Gasteiger partial charge in [-0.1, -0.05) is 24.3 Å². The van der Waals surface area contributed by atoms with E-state index in [4.69, 9.17) is 5.84 Å². The van der Waals surface area contributed by atoms with E-state index in [-0.39, 0.29) is 22.7 Å². The van der Waals surface area contributed by atoms with Gasteiger partial charge in [0.2, 0.25) is 0 Å². The second-order valence-corrected chi connectivity index (χ2v) is 4.82. The van der Waals surface area contributed by atoms with Gasteiger partial charge in [0.15, 0.2) is 5.78 Å². The van der Waals surface area contributed by atoms with Gasteiger partial charge < -0.3 is 5.84 Å². The Morgan fingerprint density at radius 1 is 0.880 bits per heavy atom. The Morgan fingerprint density at radius 3 is 1.64 bits per heavy atom. The molecule has 0 atom stereocenters. The maximum Gasteiger partial charge on any atom is 0.280 e. The number of hydrazone groups is 1. The minimum absolute atomic E-state index is 0.0224. The topological polar surface area (TPSA) is 142 Å². The number of nitro benzene ring substituents is 2. The number of carbonyl (C=O) groups is 1. The molecule has 0 aliphatic carbocycles. The Bertz CT molecular complexity index is 800. The number of hydrogen-bond donors (Lipinski definition) is 1. The Morgan fingerprint density at radius 2 is 1.28 bits per heavy atom. The molecule has 2 N–H and O–H groups in total. The minimum Gasteiger partial charge on any atom is -0.323 e. The number of nitro groups is 2. The Kier molecular flexibility index (Phi) is 6.89. The highest BCUT2D eigenvalue weighted by atomic mass is 16.6. The van der Waals surface area contributed by atoms with Crippen LogP contribution in [0.5, 0.6) is 0 Å². The highest BCUT2D eigenvalue weighted by Gasteiger charge is 2.15. The Hall–Kier alpha value is -3.62. The maximum atomic E-state index is 10.9. The molecule has 2 aromatic carbocycles. The lowest BCUT2D eigenvalue weighted by Gasteiger charge is -1.99. The van der Waals surface area contributed by atoms with Gasteiger partial charge in [0.25, 0.3) is 11.4 Å². The fraction of sp³-hybridized carbons (Fsp3) is 0.125. The maximum absolute atomic E-state index is 10.9. The van der Waals surface area contributed by atoms with E-state index >= 15 is 0 Å². The molecule has 2 rings (SSSR count). The van der Waals surface area contributed by atoms with Crippen LogP contribution < -0.4 is 5.84 Å². The summed E-state index contributed by atoms with van der Waals surface area (Å²) in [6.45, 7) is 2.94. The summed E-state index contributed by atoms with van der Waals surface area (Å²) in [5.41, 5.74) is 0.948. The van der Waals surface area contributed by atoms with Crippen molar-refractivity contribution in [2.45, 2.75) is 13.8 Å². The van der Waals surface area contributed by atoms with Crippen LogP contribution in [0.15, 0.2) is 53.6 Å². The summed E-state index contributed by atoms with van der Waals surface area (Å²) in [5.74, 6) is 4.75. The van der Waals surface area contributed by atoms with E-state index in [1.165, 1.54) is 31.2 Å². The number of rotatable bonds is 4. The van der Waals surface area contributed by atoms with Gasteiger partial charge in [-0.05, 0) is 26.0 Å². The fourth-order valence-corrected chi connectivity index (χ4v) is 1.94. The third-order valence-electron chi connectivity index (χ3n) is 3.16. The summed E-state index contributed by atoms with van der Waals surface area (Å²) in [5, 5.41) is 24.3. The standard InChI is InChI=1S/C8H9N3O2.C8H7NO3/c1-6(10-9)7-4-2-3-5-8(7)11(12)13;1-6(10)7-4-2-3-5-8(7)9(11)12/h2-5H,9H2,1H3;2-5H,1H3/b10-6+;. The first-order valence-electron chi connectivity index (χ1n) is 7.02. The fourth-order valence-electron chi connectivity index (χ4n) is 1.94. The molecule has 0 saturated heterocycles. The zero-order valence-electron chi connectivity index (χ0n) is 13.6. The van der Waals surface area contributed by atoms with Crippen molar-refractivity contribution < 1.29 is 14.6 Å². The lowest BCUT2D eigenvalue weighted by molar-refractivity contribution is -0.385. The monoisotopic (exact) mass is 344 g/mol. The number of Topliss-reactive ketones (excluding diaryl/α,β-unsaturated/α-hetero) is 1. The van der Waals surface area contributed by atoms with E-state index in [9.17, 15) is 25.0 Å². The van der Waals surface area contributed by atoms with E-state index < -0.39 is 9.85 Å². The summed E-state index contributed by atoms with van der Waals surface area (Å²) >= 11 is 0. The molecule has 25 heavy (non-hydrogen) atoms. The summed E-state index contributed by atoms with van der Waals surface area (Å²) in [7, 11) is 0. The van der Waals surface area contributed by atoms with Crippen molar-refractivity contribution >= 4 is 22.9 Å². The number of hydrogen-bond acceptors (Lipinski definition) is 7. The first-order valence-corrected chi connectivity index (χ1v) is 7.02. The number of carbonyl (C=O) groups excluding carboxylic acids is 1. The number of nitrogens with zero attached hydrogens (tertiary/aromatic N) is 3. The number of ketones is 1. The van der Waals surface area contributed by atoms with Gasteiger partial charge in [-0.25, -0.2) is 0 Å². The van der Waals surface area contributed by atoms with Crippen LogP contribution in [-0.2, 0) is 0 Å². The van der Waals surface area contributed by atoms with E-state index in [1.807, 2.05) is 0 Å². The molecular weight excluding hydrogens is 328 g/mol. The predicted molar refractivity (Wildman–Crippen MR) is 92.6 cm³/mol. The van der Waals surface area contributed by atoms with Gasteiger partial charge in [0.05, 0.1) is 26.7 Å². The van der Waals surface area contributed by atoms with Crippen LogP contribution in [0.2, 0.25) is 0 Å². The molecule has 130 valence electrons. The van der Waals surface area contributed by atoms with Crippen LogP contribution in [0, 0.1) is 20.2 Å². The molecule has 0 aromatic heterocycles. The minimum atomic E-state index is -0.559. The number of nitrogens with two attached hydrogens (primary N) is 1. The highest BCUT2D eigenvalue weighted by molar-refractivity contribution is 6.01. The van der Waals surface area contributed by atoms with E-state index in [2.05, 4.69) is 5.10 Å². The largest absolute Gasteiger partial charge is 0.323 e. The molecule has 9 heteroatoms. The molecule has 0 radical (unpaired) electrons. The van der Waals surface area contributed by atoms with Crippen molar-refractivity contribution in [3.05, 3.63) is 79.9 Å². The molecule has 9 nitrogen and oxygen atoms in total. The smallest absolute Gasteiger partial charge is 0.280 e. The normalized spacial score (nSPS) is 10.4. The van der Waals surface area contributed by atoms with Gasteiger partial charge in [-0.3, -0.25) is 25.0 Å². The van der Waals surface area contributed by atoms with Gasteiger partial charge in [0, 0.05) is 12.1 Å². The Balaban J connectivity index is 0.000000251. The molecule has 2 aromatic rings. The van der Waals surface area contributed by atoms with Crippen molar-refractivity contribution in [2.24, 2.45) is 10.9 Å². The van der Waals surface area contributed by atoms with E-state index in [0.29, 0.717) is 11.3 Å². The zero-order valence-corrected chi connectivity index (χ0v) is 13.6. The van der Waals surface area contributed by atoms with Crippen molar-refractivity contribution in [1.82, 2.24) is 0 Å².